The molecule has 0 aromatic heterocycles. The molecule has 94 valence electrons. The fourth-order valence-electron chi connectivity index (χ4n) is 3.20. The van der Waals surface area contributed by atoms with Gasteiger partial charge in [-0.3, -0.25) is 0 Å². The molecule has 0 amide bonds. The van der Waals surface area contributed by atoms with Crippen LogP contribution in [0.4, 0.5) is 0 Å². The lowest BCUT2D eigenvalue weighted by Gasteiger charge is -2.41. The van der Waals surface area contributed by atoms with Crippen LogP contribution in [0, 0.1) is 11.3 Å². The monoisotopic (exact) mass is 258 g/mol. The van der Waals surface area contributed by atoms with Crippen molar-refractivity contribution in [3.8, 4) is 6.07 Å². The van der Waals surface area contributed by atoms with E-state index in [9.17, 15) is 5.26 Å². The highest BCUT2D eigenvalue weighted by Crippen LogP contribution is 2.48. The van der Waals surface area contributed by atoms with Crippen LogP contribution in [0.25, 0.3) is 0 Å². The molecule has 3 heteroatoms. The SMILES string of the molecule is N#CC1(c2ccccc2)CCC2(CC1)NCCS2. The first-order valence-electron chi connectivity index (χ1n) is 6.64. The van der Waals surface area contributed by atoms with Crippen LogP contribution in [0.5, 0.6) is 0 Å². The normalized spacial score (nSPS) is 35.5. The van der Waals surface area contributed by atoms with Gasteiger partial charge in [0, 0.05) is 12.3 Å². The zero-order valence-corrected chi connectivity index (χ0v) is 11.3. The van der Waals surface area contributed by atoms with E-state index in [2.05, 4.69) is 35.3 Å². The van der Waals surface area contributed by atoms with Crippen LogP contribution in [0.3, 0.4) is 0 Å². The Labute approximate surface area is 113 Å². The van der Waals surface area contributed by atoms with Crippen molar-refractivity contribution >= 4 is 11.8 Å². The summed E-state index contributed by atoms with van der Waals surface area (Å²) in [7, 11) is 0. The predicted molar refractivity (Wildman–Crippen MR) is 75.4 cm³/mol. The van der Waals surface area contributed by atoms with Gasteiger partial charge in [-0.05, 0) is 31.2 Å². The first-order valence-corrected chi connectivity index (χ1v) is 7.63. The summed E-state index contributed by atoms with van der Waals surface area (Å²) < 4.78 is 0. The number of hydrogen-bond acceptors (Lipinski definition) is 3. The second-order valence-corrected chi connectivity index (χ2v) is 6.81. The Morgan fingerprint density at radius 3 is 2.39 bits per heavy atom. The second-order valence-electron chi connectivity index (χ2n) is 5.33. The van der Waals surface area contributed by atoms with Gasteiger partial charge in [-0.15, -0.1) is 11.8 Å². The number of nitrogens with one attached hydrogen (secondary N) is 1. The third-order valence-corrected chi connectivity index (χ3v) is 5.89. The lowest BCUT2D eigenvalue weighted by Crippen LogP contribution is -2.45. The molecular formula is C15H18N2S. The third kappa shape index (κ3) is 1.94. The predicted octanol–water partition coefficient (Wildman–Crippen LogP) is 3.05. The molecule has 0 bridgehead atoms. The maximum atomic E-state index is 9.65. The van der Waals surface area contributed by atoms with Crippen LogP contribution < -0.4 is 5.32 Å². The van der Waals surface area contributed by atoms with Crippen LogP contribution >= 0.6 is 11.8 Å². The Morgan fingerprint density at radius 1 is 1.11 bits per heavy atom. The maximum absolute atomic E-state index is 9.65. The number of benzene rings is 1. The number of nitriles is 1. The van der Waals surface area contributed by atoms with Gasteiger partial charge in [-0.25, -0.2) is 0 Å². The number of hydrogen-bond donors (Lipinski definition) is 1. The van der Waals surface area contributed by atoms with Gasteiger partial charge in [0.2, 0.25) is 0 Å². The van der Waals surface area contributed by atoms with Gasteiger partial charge in [0.05, 0.1) is 16.4 Å². The molecule has 2 fully saturated rings. The highest BCUT2D eigenvalue weighted by molar-refractivity contribution is 8.00. The summed E-state index contributed by atoms with van der Waals surface area (Å²) in [5.74, 6) is 1.21. The molecule has 1 aromatic rings. The molecule has 1 aliphatic heterocycles. The van der Waals surface area contributed by atoms with Crippen LogP contribution in [-0.2, 0) is 5.41 Å². The van der Waals surface area contributed by atoms with E-state index in [0.29, 0.717) is 0 Å². The number of thioether (sulfide) groups is 1. The molecule has 1 N–H and O–H groups in total. The highest BCUT2D eigenvalue weighted by Gasteiger charge is 2.45. The quantitative estimate of drug-likeness (QED) is 0.841. The van der Waals surface area contributed by atoms with Crippen LogP contribution in [-0.4, -0.2) is 17.2 Å². The third-order valence-electron chi connectivity index (χ3n) is 4.38. The fourth-order valence-corrected chi connectivity index (χ4v) is 4.49. The summed E-state index contributed by atoms with van der Waals surface area (Å²) in [5.41, 5.74) is 0.947. The smallest absolute Gasteiger partial charge is 0.0824 e. The van der Waals surface area contributed by atoms with Gasteiger partial charge >= 0.3 is 0 Å². The van der Waals surface area contributed by atoms with E-state index in [4.69, 9.17) is 0 Å². The van der Waals surface area contributed by atoms with Crippen LogP contribution in [0.1, 0.15) is 31.2 Å². The minimum absolute atomic E-state index is 0.253. The Morgan fingerprint density at radius 2 is 1.83 bits per heavy atom. The Kier molecular flexibility index (Phi) is 3.09. The van der Waals surface area contributed by atoms with Crippen molar-refractivity contribution in [3.05, 3.63) is 35.9 Å². The van der Waals surface area contributed by atoms with Crippen LogP contribution in [0.15, 0.2) is 30.3 Å². The zero-order chi connectivity index (χ0) is 12.5. The van der Waals surface area contributed by atoms with Crippen molar-refractivity contribution < 1.29 is 0 Å². The molecule has 0 atom stereocenters. The molecule has 0 unspecified atom stereocenters. The molecule has 0 radical (unpaired) electrons. The minimum Gasteiger partial charge on any atom is -0.302 e. The lowest BCUT2D eigenvalue weighted by molar-refractivity contribution is 0.281. The molecule has 1 saturated carbocycles. The first kappa shape index (κ1) is 12.1. The van der Waals surface area contributed by atoms with E-state index in [1.54, 1.807) is 0 Å². The van der Waals surface area contributed by atoms with Crippen molar-refractivity contribution in [3.63, 3.8) is 0 Å². The van der Waals surface area contributed by atoms with Gasteiger partial charge in [-0.1, -0.05) is 30.3 Å². The maximum Gasteiger partial charge on any atom is 0.0824 e. The van der Waals surface area contributed by atoms with Gasteiger partial charge in [0.15, 0.2) is 0 Å². The van der Waals surface area contributed by atoms with E-state index in [1.165, 1.54) is 11.3 Å². The molecule has 1 spiro atoms. The molecule has 2 aliphatic rings. The molecule has 1 saturated heterocycles. The Balaban J connectivity index is 1.82. The zero-order valence-electron chi connectivity index (χ0n) is 10.5. The lowest BCUT2D eigenvalue weighted by atomic mass is 9.69. The molecule has 3 rings (SSSR count). The highest BCUT2D eigenvalue weighted by atomic mass is 32.2. The van der Waals surface area contributed by atoms with Gasteiger partial charge in [-0.2, -0.15) is 5.26 Å². The van der Waals surface area contributed by atoms with Crippen LogP contribution in [0.2, 0.25) is 0 Å². The average Bonchev–Trinajstić information content (AvgIpc) is 2.90. The van der Waals surface area contributed by atoms with Gasteiger partial charge in [0.1, 0.15) is 0 Å². The average molecular weight is 258 g/mol. The van der Waals surface area contributed by atoms with Gasteiger partial charge < -0.3 is 5.32 Å². The van der Waals surface area contributed by atoms with E-state index in [1.807, 2.05) is 18.2 Å². The summed E-state index contributed by atoms with van der Waals surface area (Å²) in [6, 6.07) is 12.9. The number of nitrogens with zero attached hydrogens (tertiary/aromatic N) is 1. The minimum atomic E-state index is -0.253. The molecule has 1 aliphatic carbocycles. The summed E-state index contributed by atoms with van der Waals surface area (Å²) in [5, 5.41) is 13.3. The molecule has 1 aromatic carbocycles. The molecule has 1 heterocycles. The molecule has 18 heavy (non-hydrogen) atoms. The summed E-state index contributed by atoms with van der Waals surface area (Å²) >= 11 is 2.05. The van der Waals surface area contributed by atoms with Gasteiger partial charge in [0.25, 0.3) is 0 Å². The Hall–Kier alpha value is -0.980. The largest absolute Gasteiger partial charge is 0.302 e. The molecular weight excluding hydrogens is 240 g/mol. The Bertz CT molecular complexity index is 447. The van der Waals surface area contributed by atoms with E-state index < -0.39 is 0 Å². The summed E-state index contributed by atoms with van der Waals surface area (Å²) in [6.45, 7) is 1.12. The topological polar surface area (TPSA) is 35.8 Å². The van der Waals surface area contributed by atoms with Crippen molar-refractivity contribution in [1.82, 2.24) is 5.32 Å². The second kappa shape index (κ2) is 4.60. The number of rotatable bonds is 1. The van der Waals surface area contributed by atoms with Crippen molar-refractivity contribution in [1.29, 1.82) is 5.26 Å². The summed E-state index contributed by atoms with van der Waals surface area (Å²) in [4.78, 5) is 0.273. The van der Waals surface area contributed by atoms with E-state index in [-0.39, 0.29) is 10.3 Å². The summed E-state index contributed by atoms with van der Waals surface area (Å²) in [6.07, 6.45) is 4.18. The first-order chi connectivity index (χ1) is 8.79. The van der Waals surface area contributed by atoms with Crippen molar-refractivity contribution in [2.75, 3.05) is 12.3 Å². The van der Waals surface area contributed by atoms with Crippen molar-refractivity contribution in [2.24, 2.45) is 0 Å². The fraction of sp³-hybridized carbons (Fsp3) is 0.533. The van der Waals surface area contributed by atoms with Crippen molar-refractivity contribution in [2.45, 2.75) is 36.0 Å². The van der Waals surface area contributed by atoms with E-state index in [0.717, 1.165) is 32.2 Å². The van der Waals surface area contributed by atoms with E-state index >= 15 is 0 Å². The standard InChI is InChI=1S/C15H18N2S/c16-12-14(13-4-2-1-3-5-13)6-8-15(9-7-14)17-10-11-18-15/h1-5,17H,6-11H2. The molecule has 2 nitrogen and oxygen atoms in total.